The van der Waals surface area contributed by atoms with Crippen LogP contribution in [0.3, 0.4) is 0 Å². The van der Waals surface area contributed by atoms with Crippen LogP contribution in [0, 0.1) is 5.92 Å². The molecule has 20 heavy (non-hydrogen) atoms. The summed E-state index contributed by atoms with van der Waals surface area (Å²) in [6, 6.07) is 6.59. The van der Waals surface area contributed by atoms with Crippen molar-refractivity contribution in [3.05, 3.63) is 23.8 Å². The van der Waals surface area contributed by atoms with Gasteiger partial charge in [-0.25, -0.2) is 0 Å². The van der Waals surface area contributed by atoms with Gasteiger partial charge in [0.1, 0.15) is 17.6 Å². The molecule has 2 aliphatic rings. The molecule has 1 aromatic carbocycles. The van der Waals surface area contributed by atoms with Gasteiger partial charge in [0.2, 0.25) is 0 Å². The topological polar surface area (TPSA) is 30.5 Å². The molecule has 1 aromatic rings. The van der Waals surface area contributed by atoms with Gasteiger partial charge in [-0.3, -0.25) is 0 Å². The number of hydrogen-bond acceptors (Lipinski definition) is 3. The minimum atomic E-state index is 0.388. The van der Waals surface area contributed by atoms with Gasteiger partial charge in [0.05, 0.1) is 7.11 Å². The summed E-state index contributed by atoms with van der Waals surface area (Å²) < 4.78 is 11.6. The van der Waals surface area contributed by atoms with Crippen LogP contribution in [-0.2, 0) is 0 Å². The van der Waals surface area contributed by atoms with Crippen LogP contribution in [-0.4, -0.2) is 19.8 Å². The third-order valence-corrected chi connectivity index (χ3v) is 4.66. The van der Waals surface area contributed by atoms with Crippen molar-refractivity contribution < 1.29 is 9.47 Å². The van der Waals surface area contributed by atoms with Gasteiger partial charge in [-0.05, 0) is 49.9 Å². The molecule has 3 heteroatoms. The summed E-state index contributed by atoms with van der Waals surface area (Å²) in [6.45, 7) is 3.26. The first-order valence-electron chi connectivity index (χ1n) is 7.89. The number of methoxy groups -OCH3 is 1. The van der Waals surface area contributed by atoms with Crippen LogP contribution < -0.4 is 14.8 Å². The van der Waals surface area contributed by atoms with Gasteiger partial charge in [-0.2, -0.15) is 0 Å². The smallest absolute Gasteiger partial charge is 0.124 e. The van der Waals surface area contributed by atoms with Gasteiger partial charge in [0, 0.05) is 18.0 Å². The molecule has 0 aromatic heterocycles. The Hall–Kier alpha value is -1.22. The number of ether oxygens (including phenoxy) is 2. The van der Waals surface area contributed by atoms with Crippen LogP contribution >= 0.6 is 0 Å². The van der Waals surface area contributed by atoms with Crippen molar-refractivity contribution in [2.45, 2.75) is 51.2 Å². The number of hydrogen-bond donors (Lipinski definition) is 1. The molecule has 1 N–H and O–H groups in total. The molecule has 1 heterocycles. The number of rotatable bonds is 5. The maximum atomic E-state index is 6.25. The average molecular weight is 275 g/mol. The Kier molecular flexibility index (Phi) is 4.16. The molecule has 0 saturated heterocycles. The van der Waals surface area contributed by atoms with Crippen molar-refractivity contribution >= 4 is 0 Å². The normalized spacial score (nSPS) is 25.5. The van der Waals surface area contributed by atoms with Crippen molar-refractivity contribution in [1.82, 2.24) is 5.32 Å². The Morgan fingerprint density at radius 3 is 2.85 bits per heavy atom. The predicted molar refractivity (Wildman–Crippen MR) is 80.4 cm³/mol. The third-order valence-electron chi connectivity index (χ3n) is 4.66. The Morgan fingerprint density at radius 1 is 1.35 bits per heavy atom. The molecule has 1 aliphatic carbocycles. The molecule has 2 atom stereocenters. The summed E-state index contributed by atoms with van der Waals surface area (Å²) in [6.07, 6.45) is 6.66. The summed E-state index contributed by atoms with van der Waals surface area (Å²) in [5, 5.41) is 3.68. The highest BCUT2D eigenvalue weighted by atomic mass is 16.5. The van der Waals surface area contributed by atoms with Crippen LogP contribution in [0.2, 0.25) is 0 Å². The lowest BCUT2D eigenvalue weighted by Gasteiger charge is -2.40. The second-order valence-electron chi connectivity index (χ2n) is 5.99. The minimum absolute atomic E-state index is 0.388. The predicted octanol–water partition coefficient (Wildman–Crippen LogP) is 3.69. The lowest BCUT2D eigenvalue weighted by Crippen LogP contribution is -2.39. The fourth-order valence-electron chi connectivity index (χ4n) is 3.22. The van der Waals surface area contributed by atoms with Gasteiger partial charge in [-0.1, -0.05) is 13.3 Å². The molecule has 1 saturated carbocycles. The van der Waals surface area contributed by atoms with Crippen molar-refractivity contribution in [2.24, 2.45) is 5.92 Å². The second kappa shape index (κ2) is 6.04. The lowest BCUT2D eigenvalue weighted by atomic mass is 9.77. The quantitative estimate of drug-likeness (QED) is 0.889. The van der Waals surface area contributed by atoms with E-state index in [1.807, 2.05) is 6.07 Å². The van der Waals surface area contributed by atoms with Crippen LogP contribution in [0.15, 0.2) is 18.2 Å². The van der Waals surface area contributed by atoms with Crippen LogP contribution in [0.5, 0.6) is 11.5 Å². The summed E-state index contributed by atoms with van der Waals surface area (Å²) in [7, 11) is 1.72. The van der Waals surface area contributed by atoms with Crippen LogP contribution in [0.4, 0.5) is 0 Å². The molecular formula is C17H25NO2. The van der Waals surface area contributed by atoms with E-state index in [-0.39, 0.29) is 0 Å². The number of fused-ring (bicyclic) bond motifs is 1. The maximum Gasteiger partial charge on any atom is 0.124 e. The van der Waals surface area contributed by atoms with Crippen molar-refractivity contribution in [3.63, 3.8) is 0 Å². The van der Waals surface area contributed by atoms with E-state index in [1.165, 1.54) is 24.8 Å². The molecule has 110 valence electrons. The van der Waals surface area contributed by atoms with E-state index in [9.17, 15) is 0 Å². The van der Waals surface area contributed by atoms with Gasteiger partial charge >= 0.3 is 0 Å². The lowest BCUT2D eigenvalue weighted by molar-refractivity contribution is 0.0530. The molecule has 3 rings (SSSR count). The van der Waals surface area contributed by atoms with Gasteiger partial charge in [0.15, 0.2) is 0 Å². The largest absolute Gasteiger partial charge is 0.497 e. The molecule has 1 fully saturated rings. The minimum Gasteiger partial charge on any atom is -0.497 e. The molecule has 0 spiro atoms. The summed E-state index contributed by atoms with van der Waals surface area (Å²) >= 11 is 0. The van der Waals surface area contributed by atoms with E-state index in [1.54, 1.807) is 7.11 Å². The van der Waals surface area contributed by atoms with Crippen LogP contribution in [0.1, 0.15) is 50.6 Å². The first kappa shape index (κ1) is 13.7. The summed E-state index contributed by atoms with van der Waals surface area (Å²) in [4.78, 5) is 0. The van der Waals surface area contributed by atoms with Gasteiger partial charge in [-0.15, -0.1) is 0 Å². The zero-order valence-electron chi connectivity index (χ0n) is 12.5. The number of nitrogens with one attached hydrogen (secondary N) is 1. The molecule has 3 nitrogen and oxygen atoms in total. The molecule has 0 amide bonds. The zero-order valence-corrected chi connectivity index (χ0v) is 12.5. The fraction of sp³-hybridized carbons (Fsp3) is 0.647. The van der Waals surface area contributed by atoms with Gasteiger partial charge in [0.25, 0.3) is 0 Å². The highest BCUT2D eigenvalue weighted by Crippen LogP contribution is 2.43. The van der Waals surface area contributed by atoms with E-state index < -0.39 is 0 Å². The van der Waals surface area contributed by atoms with E-state index >= 15 is 0 Å². The van der Waals surface area contributed by atoms with E-state index in [4.69, 9.17) is 9.47 Å². The Balaban J connectivity index is 1.83. The van der Waals surface area contributed by atoms with Crippen molar-refractivity contribution in [3.8, 4) is 11.5 Å². The fourth-order valence-corrected chi connectivity index (χ4v) is 3.22. The maximum absolute atomic E-state index is 6.25. The van der Waals surface area contributed by atoms with Crippen molar-refractivity contribution in [2.75, 3.05) is 13.7 Å². The second-order valence-corrected chi connectivity index (χ2v) is 5.99. The third kappa shape index (κ3) is 2.64. The Morgan fingerprint density at radius 2 is 2.20 bits per heavy atom. The highest BCUT2D eigenvalue weighted by molar-refractivity contribution is 5.43. The molecular weight excluding hydrogens is 250 g/mol. The highest BCUT2D eigenvalue weighted by Gasteiger charge is 2.35. The van der Waals surface area contributed by atoms with Gasteiger partial charge < -0.3 is 14.8 Å². The number of benzene rings is 1. The first-order valence-corrected chi connectivity index (χ1v) is 7.89. The molecule has 0 bridgehead atoms. The Labute approximate surface area is 121 Å². The molecule has 0 radical (unpaired) electrons. The van der Waals surface area contributed by atoms with E-state index in [0.29, 0.717) is 12.1 Å². The molecule has 2 unspecified atom stereocenters. The summed E-state index contributed by atoms with van der Waals surface area (Å²) in [5.74, 6) is 2.72. The van der Waals surface area contributed by atoms with E-state index in [0.717, 1.165) is 36.8 Å². The summed E-state index contributed by atoms with van der Waals surface area (Å²) in [5.41, 5.74) is 1.26. The average Bonchev–Trinajstić information content (AvgIpc) is 2.42. The van der Waals surface area contributed by atoms with Crippen molar-refractivity contribution in [1.29, 1.82) is 0 Å². The van der Waals surface area contributed by atoms with Crippen LogP contribution in [0.25, 0.3) is 0 Å². The van der Waals surface area contributed by atoms with E-state index in [2.05, 4.69) is 24.4 Å². The molecule has 1 aliphatic heterocycles. The first-order chi connectivity index (χ1) is 9.81. The zero-order chi connectivity index (χ0) is 13.9. The Bertz CT molecular complexity index is 456. The SMILES string of the molecule is CCCNC1CC(C2CCC2)Oc2ccc(OC)cc21. The standard InChI is InChI=1S/C17H25NO2/c1-3-9-18-15-11-17(12-5-4-6-12)20-16-8-7-13(19-2)10-14(15)16/h7-8,10,12,15,17-18H,3-6,9,11H2,1-2H3. The monoisotopic (exact) mass is 275 g/mol.